The van der Waals surface area contributed by atoms with Crippen molar-refractivity contribution < 1.29 is 19.0 Å². The number of hydrogen-bond acceptors (Lipinski definition) is 5. The van der Waals surface area contributed by atoms with E-state index in [0.29, 0.717) is 17.2 Å². The van der Waals surface area contributed by atoms with E-state index in [9.17, 15) is 9.59 Å². The maximum absolute atomic E-state index is 12.7. The molecule has 0 spiro atoms. The maximum Gasteiger partial charge on any atom is 0.272 e. The molecule has 3 aromatic rings. The van der Waals surface area contributed by atoms with Gasteiger partial charge in [0.2, 0.25) is 5.43 Å². The SMILES string of the molecule is COc1ccc(OC)c(NC(=O)c2cc(=O)c(OCc3ccccc3)cn2C)c1. The van der Waals surface area contributed by atoms with Gasteiger partial charge in [0.15, 0.2) is 5.75 Å². The fourth-order valence-electron chi connectivity index (χ4n) is 2.77. The number of anilines is 1. The van der Waals surface area contributed by atoms with Gasteiger partial charge in [-0.05, 0) is 17.7 Å². The van der Waals surface area contributed by atoms with Gasteiger partial charge in [-0.2, -0.15) is 0 Å². The normalized spacial score (nSPS) is 10.3. The molecule has 1 heterocycles. The Kier molecular flexibility index (Phi) is 6.19. The van der Waals surface area contributed by atoms with E-state index in [1.807, 2.05) is 30.3 Å². The Morgan fingerprint density at radius 3 is 2.45 bits per heavy atom. The van der Waals surface area contributed by atoms with Crippen LogP contribution in [0.2, 0.25) is 0 Å². The van der Waals surface area contributed by atoms with Crippen LogP contribution in [-0.2, 0) is 13.7 Å². The molecule has 0 atom stereocenters. The molecule has 29 heavy (non-hydrogen) atoms. The van der Waals surface area contributed by atoms with Gasteiger partial charge in [0, 0.05) is 19.2 Å². The Labute approximate surface area is 168 Å². The number of nitrogens with zero attached hydrogens (tertiary/aromatic N) is 1. The molecular weight excluding hydrogens is 372 g/mol. The van der Waals surface area contributed by atoms with Crippen molar-refractivity contribution in [3.8, 4) is 17.2 Å². The molecule has 0 aliphatic carbocycles. The summed E-state index contributed by atoms with van der Waals surface area (Å²) >= 11 is 0. The molecule has 0 radical (unpaired) electrons. The number of ether oxygens (including phenoxy) is 3. The number of pyridine rings is 1. The second-order valence-corrected chi connectivity index (χ2v) is 6.29. The van der Waals surface area contributed by atoms with Crippen LogP contribution in [0.1, 0.15) is 16.1 Å². The molecule has 1 N–H and O–H groups in total. The first kappa shape index (κ1) is 20.0. The van der Waals surface area contributed by atoms with E-state index in [1.54, 1.807) is 29.8 Å². The summed E-state index contributed by atoms with van der Waals surface area (Å²) in [6, 6.07) is 15.8. The van der Waals surface area contributed by atoms with Crippen LogP contribution in [0.15, 0.2) is 65.6 Å². The van der Waals surface area contributed by atoms with Gasteiger partial charge in [-0.25, -0.2) is 0 Å². The standard InChI is InChI=1S/C22H22N2O5/c1-24-13-21(29-14-15-7-5-4-6-8-15)19(25)12-18(24)22(26)23-17-11-16(27-2)9-10-20(17)28-3/h4-13H,14H2,1-3H3,(H,23,26). The first-order valence-corrected chi connectivity index (χ1v) is 8.92. The number of amides is 1. The van der Waals surface area contributed by atoms with Crippen molar-refractivity contribution in [2.24, 2.45) is 7.05 Å². The number of aryl methyl sites for hydroxylation is 1. The zero-order valence-corrected chi connectivity index (χ0v) is 16.5. The molecule has 2 aromatic carbocycles. The molecule has 0 aliphatic rings. The summed E-state index contributed by atoms with van der Waals surface area (Å²) in [6.07, 6.45) is 1.50. The van der Waals surface area contributed by atoms with Crippen molar-refractivity contribution in [1.29, 1.82) is 0 Å². The van der Waals surface area contributed by atoms with Crippen LogP contribution in [-0.4, -0.2) is 24.7 Å². The van der Waals surface area contributed by atoms with E-state index < -0.39 is 5.91 Å². The minimum atomic E-state index is -0.453. The fourth-order valence-corrected chi connectivity index (χ4v) is 2.77. The predicted octanol–water partition coefficient (Wildman–Crippen LogP) is 3.23. The van der Waals surface area contributed by atoms with E-state index in [0.717, 1.165) is 5.56 Å². The Morgan fingerprint density at radius 1 is 1.00 bits per heavy atom. The van der Waals surface area contributed by atoms with Gasteiger partial charge >= 0.3 is 0 Å². The van der Waals surface area contributed by atoms with Crippen LogP contribution in [0, 0.1) is 0 Å². The molecule has 3 rings (SSSR count). The number of methoxy groups -OCH3 is 2. The van der Waals surface area contributed by atoms with E-state index in [1.165, 1.54) is 26.5 Å². The first-order valence-electron chi connectivity index (χ1n) is 8.92. The highest BCUT2D eigenvalue weighted by atomic mass is 16.5. The lowest BCUT2D eigenvalue weighted by atomic mass is 10.2. The van der Waals surface area contributed by atoms with Crippen molar-refractivity contribution in [3.05, 3.63) is 82.3 Å². The maximum atomic E-state index is 12.7. The van der Waals surface area contributed by atoms with E-state index in [4.69, 9.17) is 14.2 Å². The zero-order valence-electron chi connectivity index (χ0n) is 16.5. The van der Waals surface area contributed by atoms with Crippen molar-refractivity contribution in [2.45, 2.75) is 6.61 Å². The summed E-state index contributed by atoms with van der Waals surface area (Å²) in [6.45, 7) is 0.266. The summed E-state index contributed by atoms with van der Waals surface area (Å²) in [4.78, 5) is 25.2. The van der Waals surface area contributed by atoms with Crippen LogP contribution < -0.4 is 25.0 Å². The monoisotopic (exact) mass is 394 g/mol. The average Bonchev–Trinajstić information content (AvgIpc) is 2.74. The highest BCUT2D eigenvalue weighted by Crippen LogP contribution is 2.29. The second kappa shape index (κ2) is 8.97. The van der Waals surface area contributed by atoms with Gasteiger partial charge in [-0.15, -0.1) is 0 Å². The van der Waals surface area contributed by atoms with Crippen LogP contribution >= 0.6 is 0 Å². The van der Waals surface area contributed by atoms with Gasteiger partial charge in [0.25, 0.3) is 5.91 Å². The van der Waals surface area contributed by atoms with Gasteiger partial charge in [0.1, 0.15) is 23.8 Å². The molecule has 1 amide bonds. The van der Waals surface area contributed by atoms with E-state index >= 15 is 0 Å². The molecule has 0 unspecified atom stereocenters. The van der Waals surface area contributed by atoms with Crippen molar-refractivity contribution in [1.82, 2.24) is 4.57 Å². The first-order chi connectivity index (χ1) is 14.0. The summed E-state index contributed by atoms with van der Waals surface area (Å²) in [5.74, 6) is 0.768. The Balaban J connectivity index is 1.80. The van der Waals surface area contributed by atoms with Crippen LogP contribution in [0.3, 0.4) is 0 Å². The number of rotatable bonds is 7. The van der Waals surface area contributed by atoms with Crippen LogP contribution in [0.4, 0.5) is 5.69 Å². The highest BCUT2D eigenvalue weighted by Gasteiger charge is 2.15. The Morgan fingerprint density at radius 2 is 1.76 bits per heavy atom. The zero-order chi connectivity index (χ0) is 20.8. The number of carbonyl (C=O) groups is 1. The number of hydrogen-bond donors (Lipinski definition) is 1. The van der Waals surface area contributed by atoms with Crippen LogP contribution in [0.25, 0.3) is 0 Å². The number of nitrogens with one attached hydrogen (secondary N) is 1. The molecule has 7 nitrogen and oxygen atoms in total. The van der Waals surface area contributed by atoms with Gasteiger partial charge in [-0.1, -0.05) is 30.3 Å². The summed E-state index contributed by atoms with van der Waals surface area (Å²) in [7, 11) is 4.71. The lowest BCUT2D eigenvalue weighted by molar-refractivity contribution is 0.101. The molecule has 150 valence electrons. The van der Waals surface area contributed by atoms with Crippen LogP contribution in [0.5, 0.6) is 17.2 Å². The molecule has 0 saturated carbocycles. The lowest BCUT2D eigenvalue weighted by Gasteiger charge is -2.14. The molecule has 0 saturated heterocycles. The van der Waals surface area contributed by atoms with Gasteiger partial charge in [-0.3, -0.25) is 9.59 Å². The Hall–Kier alpha value is -3.74. The number of benzene rings is 2. The summed E-state index contributed by atoms with van der Waals surface area (Å²) in [5, 5.41) is 2.75. The van der Waals surface area contributed by atoms with Gasteiger partial charge < -0.3 is 24.1 Å². The summed E-state index contributed by atoms with van der Waals surface area (Å²) in [5.41, 5.74) is 1.20. The minimum Gasteiger partial charge on any atom is -0.497 e. The second-order valence-electron chi connectivity index (χ2n) is 6.29. The molecular formula is C22H22N2O5. The average molecular weight is 394 g/mol. The largest absolute Gasteiger partial charge is 0.497 e. The highest BCUT2D eigenvalue weighted by molar-refractivity contribution is 6.04. The molecule has 0 bridgehead atoms. The number of aromatic nitrogens is 1. The van der Waals surface area contributed by atoms with E-state index in [2.05, 4.69) is 5.32 Å². The number of carbonyl (C=O) groups excluding carboxylic acids is 1. The Bertz CT molecular complexity index is 1060. The third-order valence-corrected chi connectivity index (χ3v) is 4.33. The van der Waals surface area contributed by atoms with Crippen molar-refractivity contribution in [3.63, 3.8) is 0 Å². The molecule has 1 aromatic heterocycles. The quantitative estimate of drug-likeness (QED) is 0.666. The minimum absolute atomic E-state index is 0.173. The lowest BCUT2D eigenvalue weighted by Crippen LogP contribution is -2.22. The van der Waals surface area contributed by atoms with E-state index in [-0.39, 0.29) is 23.5 Å². The smallest absolute Gasteiger partial charge is 0.272 e. The molecule has 0 fully saturated rings. The molecule has 7 heteroatoms. The molecule has 0 aliphatic heterocycles. The van der Waals surface area contributed by atoms with Crippen molar-refractivity contribution in [2.75, 3.05) is 19.5 Å². The summed E-state index contributed by atoms with van der Waals surface area (Å²) < 4.78 is 17.6. The predicted molar refractivity (Wildman–Crippen MR) is 110 cm³/mol. The fraction of sp³-hybridized carbons (Fsp3) is 0.182. The topological polar surface area (TPSA) is 78.8 Å². The van der Waals surface area contributed by atoms with Crippen molar-refractivity contribution >= 4 is 11.6 Å². The van der Waals surface area contributed by atoms with Gasteiger partial charge in [0.05, 0.1) is 26.1 Å². The third-order valence-electron chi connectivity index (χ3n) is 4.33. The third kappa shape index (κ3) is 4.76.